The molecule has 3 N–H and O–H groups in total. The lowest BCUT2D eigenvalue weighted by Crippen LogP contribution is -2.45. The zero-order valence-electron chi connectivity index (χ0n) is 22.3. The summed E-state index contributed by atoms with van der Waals surface area (Å²) < 4.78 is 44.5. The molecule has 2 aromatic heterocycles. The maximum Gasteiger partial charge on any atom is 0.250 e. The maximum absolute atomic E-state index is 14.1. The number of nitrogens with zero attached hydrogens (tertiary/aromatic N) is 3. The van der Waals surface area contributed by atoms with Crippen molar-refractivity contribution >= 4 is 51.8 Å². The van der Waals surface area contributed by atoms with Gasteiger partial charge in [-0.15, -0.1) is 0 Å². The van der Waals surface area contributed by atoms with Crippen molar-refractivity contribution in [2.75, 3.05) is 38.1 Å². The number of fused-ring (bicyclic) bond motifs is 1. The SMILES string of the molecule is C=CC(=O)N[C@H]1COCC1Nc1ncc2cc(-c3c(Cl)c(OC)cc(OC)c3Cl)nc(NC3CCC(F)(F)C3)c2n1. The molecule has 14 heteroatoms. The van der Waals surface area contributed by atoms with E-state index in [0.29, 0.717) is 46.9 Å². The molecule has 1 aliphatic carbocycles. The molecule has 1 aromatic carbocycles. The zero-order chi connectivity index (χ0) is 29.3. The molecular formula is C27H28Cl2F2N6O4. The van der Waals surface area contributed by atoms with Gasteiger partial charge in [-0.25, -0.2) is 23.7 Å². The Labute approximate surface area is 244 Å². The van der Waals surface area contributed by atoms with Crippen LogP contribution in [0.2, 0.25) is 10.0 Å². The molecule has 0 bridgehead atoms. The van der Waals surface area contributed by atoms with Gasteiger partial charge in [-0.1, -0.05) is 29.8 Å². The van der Waals surface area contributed by atoms with Crippen LogP contribution in [0, 0.1) is 0 Å². The van der Waals surface area contributed by atoms with E-state index in [2.05, 4.69) is 32.5 Å². The average molecular weight is 609 g/mol. The Balaban J connectivity index is 1.57. The van der Waals surface area contributed by atoms with Gasteiger partial charge < -0.3 is 30.2 Å². The van der Waals surface area contributed by atoms with Crippen LogP contribution in [0.3, 0.4) is 0 Å². The van der Waals surface area contributed by atoms with Gasteiger partial charge in [0.15, 0.2) is 5.82 Å². The first-order valence-electron chi connectivity index (χ1n) is 12.8. The standard InChI is InChI=1S/C27H28Cl2F2N6O4/c1-4-20(38)34-16-11-41-12-17(16)36-26-32-10-13-7-15(21-22(28)18(39-2)8-19(40-3)23(21)29)35-25(24(13)37-26)33-14-5-6-27(30,31)9-14/h4,7-8,10,14,16-17H,1,5-6,9,11-12H2,2-3H3,(H,33,35)(H,34,38)(H,32,36,37)/t14?,16-,17?/m0/s1. The van der Waals surface area contributed by atoms with E-state index in [-0.39, 0.29) is 59.1 Å². The quantitative estimate of drug-likeness (QED) is 0.285. The van der Waals surface area contributed by atoms with Crippen LogP contribution in [-0.2, 0) is 9.53 Å². The van der Waals surface area contributed by atoms with Crippen molar-refractivity contribution in [3.63, 3.8) is 0 Å². The molecule has 41 heavy (non-hydrogen) atoms. The number of halogens is 4. The Morgan fingerprint density at radius 2 is 1.83 bits per heavy atom. The van der Waals surface area contributed by atoms with E-state index in [4.69, 9.17) is 42.4 Å². The molecule has 0 radical (unpaired) electrons. The number of rotatable bonds is 9. The fourth-order valence-electron chi connectivity index (χ4n) is 4.96. The lowest BCUT2D eigenvalue weighted by molar-refractivity contribution is -0.117. The summed E-state index contributed by atoms with van der Waals surface area (Å²) in [5, 5.41) is 10.1. The first-order valence-corrected chi connectivity index (χ1v) is 13.6. The highest BCUT2D eigenvalue weighted by atomic mass is 35.5. The first kappa shape index (κ1) is 29.0. The molecule has 2 fully saturated rings. The molecule has 3 aromatic rings. The molecule has 218 valence electrons. The predicted octanol–water partition coefficient (Wildman–Crippen LogP) is 5.10. The number of amides is 1. The van der Waals surface area contributed by atoms with Gasteiger partial charge in [-0.05, 0) is 18.6 Å². The molecule has 3 heterocycles. The number of nitrogens with one attached hydrogen (secondary N) is 3. The van der Waals surface area contributed by atoms with Crippen LogP contribution in [0.4, 0.5) is 20.5 Å². The number of alkyl halides is 2. The third-order valence-corrected chi connectivity index (χ3v) is 7.80. The van der Waals surface area contributed by atoms with Crippen molar-refractivity contribution in [3.8, 4) is 22.8 Å². The van der Waals surface area contributed by atoms with E-state index >= 15 is 0 Å². The number of aromatic nitrogens is 3. The van der Waals surface area contributed by atoms with E-state index in [9.17, 15) is 13.6 Å². The van der Waals surface area contributed by atoms with Crippen molar-refractivity contribution in [1.82, 2.24) is 20.3 Å². The van der Waals surface area contributed by atoms with Gasteiger partial charge in [-0.3, -0.25) is 4.79 Å². The van der Waals surface area contributed by atoms with Gasteiger partial charge in [0.2, 0.25) is 17.8 Å². The van der Waals surface area contributed by atoms with E-state index in [1.165, 1.54) is 20.3 Å². The highest BCUT2D eigenvalue weighted by Gasteiger charge is 2.40. The van der Waals surface area contributed by atoms with E-state index < -0.39 is 12.0 Å². The van der Waals surface area contributed by atoms with E-state index in [1.807, 2.05) is 0 Å². The summed E-state index contributed by atoms with van der Waals surface area (Å²) in [5.74, 6) is -1.94. The fourth-order valence-corrected chi connectivity index (χ4v) is 5.66. The second kappa shape index (κ2) is 11.8. The molecule has 10 nitrogen and oxygen atoms in total. The summed E-state index contributed by atoms with van der Waals surface area (Å²) in [7, 11) is 2.93. The molecule has 2 unspecified atom stereocenters. The van der Waals surface area contributed by atoms with Crippen LogP contribution >= 0.6 is 23.2 Å². The minimum Gasteiger partial charge on any atom is -0.495 e. The number of carbonyl (C=O) groups is 1. The van der Waals surface area contributed by atoms with Gasteiger partial charge in [-0.2, -0.15) is 0 Å². The number of benzene rings is 1. The van der Waals surface area contributed by atoms with E-state index in [1.54, 1.807) is 18.3 Å². The second-order valence-corrected chi connectivity index (χ2v) is 10.6. The highest BCUT2D eigenvalue weighted by molar-refractivity contribution is 6.41. The Morgan fingerprint density at radius 1 is 1.12 bits per heavy atom. The molecule has 3 atom stereocenters. The minimum atomic E-state index is -2.77. The second-order valence-electron chi connectivity index (χ2n) is 9.82. The molecule has 1 amide bonds. The zero-order valence-corrected chi connectivity index (χ0v) is 23.8. The number of hydrogen-bond donors (Lipinski definition) is 3. The third kappa shape index (κ3) is 6.09. The normalized spacial score (nSPS) is 21.5. The fraction of sp³-hybridized carbons (Fsp3) is 0.407. The Morgan fingerprint density at radius 3 is 2.46 bits per heavy atom. The van der Waals surface area contributed by atoms with Gasteiger partial charge in [0.05, 0.1) is 55.3 Å². The Hall–Kier alpha value is -3.48. The topological polar surface area (TPSA) is 120 Å². The lowest BCUT2D eigenvalue weighted by atomic mass is 10.1. The lowest BCUT2D eigenvalue weighted by Gasteiger charge is -2.21. The summed E-state index contributed by atoms with van der Waals surface area (Å²) in [6, 6.07) is 2.09. The largest absolute Gasteiger partial charge is 0.495 e. The van der Waals surface area contributed by atoms with Crippen LogP contribution < -0.4 is 25.4 Å². The molecule has 0 spiro atoms. The van der Waals surface area contributed by atoms with Gasteiger partial charge >= 0.3 is 0 Å². The number of hydrogen-bond acceptors (Lipinski definition) is 9. The monoisotopic (exact) mass is 608 g/mol. The van der Waals surface area contributed by atoms with Crippen LogP contribution in [-0.4, -0.2) is 72.3 Å². The molecule has 2 aliphatic rings. The smallest absolute Gasteiger partial charge is 0.250 e. The molecule has 5 rings (SSSR count). The number of carbonyl (C=O) groups excluding carboxylic acids is 1. The van der Waals surface area contributed by atoms with Crippen molar-refractivity contribution in [3.05, 3.63) is 41.0 Å². The Kier molecular flexibility index (Phi) is 8.35. The molecular weight excluding hydrogens is 581 g/mol. The van der Waals surface area contributed by atoms with Crippen LogP contribution in [0.1, 0.15) is 19.3 Å². The van der Waals surface area contributed by atoms with Gasteiger partial charge in [0.25, 0.3) is 0 Å². The first-order chi connectivity index (χ1) is 19.6. The van der Waals surface area contributed by atoms with Crippen LogP contribution in [0.15, 0.2) is 31.0 Å². The van der Waals surface area contributed by atoms with Crippen LogP contribution in [0.5, 0.6) is 11.5 Å². The molecule has 1 aliphatic heterocycles. The van der Waals surface area contributed by atoms with Crippen LogP contribution in [0.25, 0.3) is 22.2 Å². The van der Waals surface area contributed by atoms with Gasteiger partial charge in [0.1, 0.15) is 17.0 Å². The summed E-state index contributed by atoms with van der Waals surface area (Å²) in [4.78, 5) is 25.7. The maximum atomic E-state index is 14.1. The number of methoxy groups -OCH3 is 2. The Bertz CT molecular complexity index is 1470. The number of pyridine rings is 1. The average Bonchev–Trinajstić information content (AvgIpc) is 3.53. The minimum absolute atomic E-state index is 0.205. The van der Waals surface area contributed by atoms with E-state index in [0.717, 1.165) is 0 Å². The van der Waals surface area contributed by atoms with Crippen molar-refractivity contribution in [1.29, 1.82) is 0 Å². The third-order valence-electron chi connectivity index (χ3n) is 7.05. The summed E-state index contributed by atoms with van der Waals surface area (Å²) in [6.45, 7) is 4.10. The number of ether oxygens (including phenoxy) is 3. The summed E-state index contributed by atoms with van der Waals surface area (Å²) in [6.07, 6.45) is 2.46. The molecule has 1 saturated carbocycles. The number of anilines is 2. The summed E-state index contributed by atoms with van der Waals surface area (Å²) in [5.41, 5.74) is 1.09. The van der Waals surface area contributed by atoms with Crippen molar-refractivity contribution < 1.29 is 27.8 Å². The van der Waals surface area contributed by atoms with Crippen molar-refractivity contribution in [2.24, 2.45) is 0 Å². The molecule has 1 saturated heterocycles. The highest BCUT2D eigenvalue weighted by Crippen LogP contribution is 2.46. The predicted molar refractivity (Wildman–Crippen MR) is 152 cm³/mol. The summed E-state index contributed by atoms with van der Waals surface area (Å²) >= 11 is 13.3. The van der Waals surface area contributed by atoms with Crippen molar-refractivity contribution in [2.45, 2.75) is 43.3 Å². The van der Waals surface area contributed by atoms with Gasteiger partial charge in [0, 0.05) is 42.1 Å².